The van der Waals surface area contributed by atoms with Crippen LogP contribution in [0.5, 0.6) is 0 Å². The fraction of sp³-hybridized carbons (Fsp3) is 0.400. The molecule has 220 valence electrons. The highest BCUT2D eigenvalue weighted by molar-refractivity contribution is 7.92. The Hall–Kier alpha value is -2.56. The van der Waals surface area contributed by atoms with E-state index in [2.05, 4.69) is 19.9 Å². The number of pyridine rings is 1. The minimum atomic E-state index is -4.01. The standard InChI is InChI=1S/C25H28ClF2N7O3S3/c1-14-11-15(5-6-18(14)40(29,36)10-9-34(3)4)17-12-16(41(37,38)33-25(2)7-8-25)13-35-19(17)20(26)30-22(35)24-32-31-23(39-24)21(27)28/h5-6,11-13,21,29,33H,7-10H2,1-4H3/t40-/m1/s1. The van der Waals surface area contributed by atoms with Crippen molar-refractivity contribution < 1.29 is 21.4 Å². The van der Waals surface area contributed by atoms with Gasteiger partial charge in [0.15, 0.2) is 21.0 Å². The predicted octanol–water partition coefficient (Wildman–Crippen LogP) is 5.22. The molecule has 0 unspecified atom stereocenters. The van der Waals surface area contributed by atoms with E-state index >= 15 is 0 Å². The lowest BCUT2D eigenvalue weighted by Crippen LogP contribution is -2.34. The van der Waals surface area contributed by atoms with Crippen molar-refractivity contribution in [1.29, 1.82) is 4.78 Å². The lowest BCUT2D eigenvalue weighted by Gasteiger charge is -2.17. The lowest BCUT2D eigenvalue weighted by atomic mass is 10.0. The summed E-state index contributed by atoms with van der Waals surface area (Å²) in [6.45, 7) is 4.03. The summed E-state index contributed by atoms with van der Waals surface area (Å²) in [4.78, 5) is 6.51. The number of aromatic nitrogens is 4. The molecular formula is C25H28ClF2N7O3S3. The van der Waals surface area contributed by atoms with Crippen molar-refractivity contribution in [2.75, 3.05) is 26.4 Å². The topological polar surface area (TPSA) is 133 Å². The molecule has 10 nitrogen and oxygen atoms in total. The molecule has 41 heavy (non-hydrogen) atoms. The van der Waals surface area contributed by atoms with Gasteiger partial charge in [-0.2, -0.15) is 0 Å². The molecule has 1 aliphatic rings. The highest BCUT2D eigenvalue weighted by atomic mass is 35.5. The van der Waals surface area contributed by atoms with Gasteiger partial charge in [0.1, 0.15) is 0 Å². The van der Waals surface area contributed by atoms with Crippen LogP contribution in [0.3, 0.4) is 0 Å². The van der Waals surface area contributed by atoms with Crippen molar-refractivity contribution in [2.45, 2.75) is 48.4 Å². The van der Waals surface area contributed by atoms with Crippen LogP contribution >= 0.6 is 22.9 Å². The SMILES string of the molecule is Cc1cc(-c2cc(S(=O)(=O)NC3(C)CC3)cn3c(-c4nnc(C(F)F)s4)nc(Cl)c23)ccc1[S@](=N)(=O)CCN(C)C. The number of nitrogens with zero attached hydrogens (tertiary/aromatic N) is 5. The van der Waals surface area contributed by atoms with Crippen LogP contribution in [0.2, 0.25) is 5.15 Å². The zero-order valence-corrected chi connectivity index (χ0v) is 25.8. The minimum Gasteiger partial charge on any atom is -0.308 e. The number of benzene rings is 1. The maximum absolute atomic E-state index is 13.5. The second-order valence-corrected chi connectivity index (χ2v) is 15.9. The number of halogens is 3. The summed E-state index contributed by atoms with van der Waals surface area (Å²) in [6, 6.07) is 6.48. The lowest BCUT2D eigenvalue weighted by molar-refractivity contribution is 0.150. The molecule has 0 saturated heterocycles. The van der Waals surface area contributed by atoms with Gasteiger partial charge in [0.05, 0.1) is 25.0 Å². The first-order valence-electron chi connectivity index (χ1n) is 12.5. The number of hydrogen-bond acceptors (Lipinski definition) is 9. The molecule has 1 aliphatic carbocycles. The Labute approximate surface area is 245 Å². The van der Waals surface area contributed by atoms with Crippen LogP contribution in [-0.4, -0.2) is 69.0 Å². The Morgan fingerprint density at radius 3 is 2.51 bits per heavy atom. The molecule has 1 saturated carbocycles. The van der Waals surface area contributed by atoms with Crippen LogP contribution < -0.4 is 4.72 Å². The predicted molar refractivity (Wildman–Crippen MR) is 155 cm³/mol. The van der Waals surface area contributed by atoms with Crippen molar-refractivity contribution in [3.05, 3.63) is 46.2 Å². The van der Waals surface area contributed by atoms with E-state index in [4.69, 9.17) is 16.4 Å². The Kier molecular flexibility index (Phi) is 7.74. The van der Waals surface area contributed by atoms with E-state index in [9.17, 15) is 21.4 Å². The van der Waals surface area contributed by atoms with Crippen LogP contribution in [0.4, 0.5) is 8.78 Å². The van der Waals surface area contributed by atoms with Gasteiger partial charge in [0.25, 0.3) is 6.43 Å². The van der Waals surface area contributed by atoms with Crippen molar-refractivity contribution >= 4 is 48.2 Å². The van der Waals surface area contributed by atoms with E-state index in [1.165, 1.54) is 16.7 Å². The number of nitrogens with one attached hydrogen (secondary N) is 2. The maximum Gasteiger partial charge on any atom is 0.291 e. The van der Waals surface area contributed by atoms with E-state index in [1.54, 1.807) is 25.1 Å². The molecule has 1 atom stereocenters. The third-order valence-electron chi connectivity index (χ3n) is 6.84. The molecule has 5 rings (SSSR count). The normalized spacial score (nSPS) is 16.5. The molecule has 2 N–H and O–H groups in total. The van der Waals surface area contributed by atoms with Crippen molar-refractivity contribution in [3.63, 3.8) is 0 Å². The molecule has 16 heteroatoms. The van der Waals surface area contributed by atoms with Crippen LogP contribution in [-0.2, 0) is 19.8 Å². The largest absolute Gasteiger partial charge is 0.308 e. The quantitative estimate of drug-likeness (QED) is 0.242. The minimum absolute atomic E-state index is 0.00635. The van der Waals surface area contributed by atoms with Gasteiger partial charge in [0.2, 0.25) is 10.0 Å². The van der Waals surface area contributed by atoms with E-state index < -0.39 is 36.7 Å². The zero-order chi connectivity index (χ0) is 29.9. The summed E-state index contributed by atoms with van der Waals surface area (Å²) in [6.07, 6.45) is -0.0923. The van der Waals surface area contributed by atoms with Gasteiger partial charge in [-0.1, -0.05) is 35.1 Å². The Bertz CT molecular complexity index is 1870. The average molecular weight is 644 g/mol. The smallest absolute Gasteiger partial charge is 0.291 e. The highest BCUT2D eigenvalue weighted by Crippen LogP contribution is 2.40. The summed E-state index contributed by atoms with van der Waals surface area (Å²) < 4.78 is 79.3. The molecule has 1 fully saturated rings. The summed E-state index contributed by atoms with van der Waals surface area (Å²) in [5.41, 5.74) is 1.33. The van der Waals surface area contributed by atoms with Crippen molar-refractivity contribution in [3.8, 4) is 22.0 Å². The molecule has 3 heterocycles. The van der Waals surface area contributed by atoms with Crippen LogP contribution in [0.1, 0.15) is 36.8 Å². The zero-order valence-electron chi connectivity index (χ0n) is 22.6. The first kappa shape index (κ1) is 29.9. The van der Waals surface area contributed by atoms with Gasteiger partial charge < -0.3 is 4.90 Å². The fourth-order valence-corrected chi connectivity index (χ4v) is 8.51. The number of alkyl halides is 2. The van der Waals surface area contributed by atoms with Gasteiger partial charge in [-0.05, 0) is 64.0 Å². The molecule has 0 spiro atoms. The molecule has 0 radical (unpaired) electrons. The molecular weight excluding hydrogens is 616 g/mol. The van der Waals surface area contributed by atoms with E-state index in [0.29, 0.717) is 57.8 Å². The van der Waals surface area contributed by atoms with Crippen LogP contribution in [0, 0.1) is 11.7 Å². The highest BCUT2D eigenvalue weighted by Gasteiger charge is 2.41. The van der Waals surface area contributed by atoms with Gasteiger partial charge in [0, 0.05) is 29.6 Å². The number of imidazole rings is 1. The number of hydrogen-bond donors (Lipinski definition) is 2. The number of aryl methyl sites for hydroxylation is 1. The van der Waals surface area contributed by atoms with Gasteiger partial charge >= 0.3 is 0 Å². The van der Waals surface area contributed by atoms with E-state index in [-0.39, 0.29) is 26.6 Å². The van der Waals surface area contributed by atoms with E-state index in [1.807, 2.05) is 25.9 Å². The molecule has 3 aromatic heterocycles. The van der Waals surface area contributed by atoms with Gasteiger partial charge in [-0.15, -0.1) is 10.2 Å². The number of fused-ring (bicyclic) bond motifs is 1. The Morgan fingerprint density at radius 2 is 1.93 bits per heavy atom. The van der Waals surface area contributed by atoms with Gasteiger partial charge in [-0.25, -0.2) is 35.9 Å². The monoisotopic (exact) mass is 643 g/mol. The van der Waals surface area contributed by atoms with Crippen molar-refractivity contribution in [1.82, 2.24) is 29.2 Å². The molecule has 0 aliphatic heterocycles. The second-order valence-electron chi connectivity index (χ2n) is 10.6. The maximum atomic E-state index is 13.5. The number of sulfonamides is 1. The Morgan fingerprint density at radius 1 is 1.22 bits per heavy atom. The summed E-state index contributed by atoms with van der Waals surface area (Å²) in [5.74, 6) is 0.222. The Balaban J connectivity index is 1.70. The molecule has 1 aromatic carbocycles. The average Bonchev–Trinajstić information content (AvgIpc) is 3.26. The van der Waals surface area contributed by atoms with Crippen LogP contribution in [0.25, 0.3) is 27.5 Å². The first-order chi connectivity index (χ1) is 19.1. The third-order valence-corrected chi connectivity index (χ3v) is 11.6. The first-order valence-corrected chi connectivity index (χ1v) is 16.9. The molecule has 0 amide bonds. The summed E-state index contributed by atoms with van der Waals surface area (Å²) in [7, 11) is -3.40. The summed E-state index contributed by atoms with van der Waals surface area (Å²) in [5, 5.41) is 6.93. The molecule has 4 aromatic rings. The van der Waals surface area contributed by atoms with Crippen LogP contribution in [0.15, 0.2) is 40.3 Å². The molecule has 0 bridgehead atoms. The summed E-state index contributed by atoms with van der Waals surface area (Å²) >= 11 is 7.22. The van der Waals surface area contributed by atoms with Crippen molar-refractivity contribution in [2.24, 2.45) is 0 Å². The van der Waals surface area contributed by atoms with E-state index in [0.717, 1.165) is 0 Å². The second kappa shape index (κ2) is 10.6. The van der Waals surface area contributed by atoms with Gasteiger partial charge in [-0.3, -0.25) is 4.40 Å². The number of rotatable bonds is 10. The fourth-order valence-electron chi connectivity index (χ4n) is 4.36. The third kappa shape index (κ3) is 6.01.